The number of ether oxygens (including phenoxy) is 2. The summed E-state index contributed by atoms with van der Waals surface area (Å²) in [6, 6.07) is 11.2. The van der Waals surface area contributed by atoms with Gasteiger partial charge in [0.1, 0.15) is 11.5 Å². The van der Waals surface area contributed by atoms with Gasteiger partial charge in [0, 0.05) is 12.0 Å². The molecule has 132 valence electrons. The Bertz CT molecular complexity index is 791. The molecule has 1 aliphatic rings. The first-order valence-electron chi connectivity index (χ1n) is 8.17. The van der Waals surface area contributed by atoms with Gasteiger partial charge in [-0.05, 0) is 43.2 Å². The molecule has 1 aliphatic heterocycles. The van der Waals surface area contributed by atoms with Gasteiger partial charge in [0.05, 0.1) is 23.8 Å². The van der Waals surface area contributed by atoms with Gasteiger partial charge in [-0.2, -0.15) is 0 Å². The second kappa shape index (κ2) is 7.23. The van der Waals surface area contributed by atoms with Gasteiger partial charge in [-0.15, -0.1) is 0 Å². The average molecular weight is 362 g/mol. The average Bonchev–Trinajstić information content (AvgIpc) is 2.55. The topological polar surface area (TPSA) is 67.8 Å². The van der Waals surface area contributed by atoms with Gasteiger partial charge in [-0.3, -0.25) is 0 Å². The summed E-state index contributed by atoms with van der Waals surface area (Å²) in [4.78, 5) is 10.9. The van der Waals surface area contributed by atoms with Crippen molar-refractivity contribution < 1.29 is 19.4 Å². The van der Waals surface area contributed by atoms with Crippen molar-refractivity contribution in [2.24, 2.45) is 0 Å². The minimum Gasteiger partial charge on any atom is -0.493 e. The number of carboxylic acid groups (broad SMARTS) is 1. The summed E-state index contributed by atoms with van der Waals surface area (Å²) in [6.07, 6.45) is -0.361. The number of hydrogen-bond acceptors (Lipinski definition) is 3. The Balaban J connectivity index is 1.89. The third-order valence-corrected chi connectivity index (χ3v) is 4.27. The van der Waals surface area contributed by atoms with Crippen molar-refractivity contribution in [3.8, 4) is 22.6 Å². The fraction of sp³-hybridized carbons (Fsp3) is 0.316. The SMILES string of the molecule is CC(C)Oc1ccc(-c2ccc3c(c2)OCCC3NC(=O)O)cc1Cl. The van der Waals surface area contributed by atoms with Gasteiger partial charge < -0.3 is 19.9 Å². The molecule has 0 spiro atoms. The van der Waals surface area contributed by atoms with Crippen molar-refractivity contribution in [2.45, 2.75) is 32.4 Å². The number of fused-ring (bicyclic) bond motifs is 1. The summed E-state index contributed by atoms with van der Waals surface area (Å²) >= 11 is 6.32. The molecule has 0 radical (unpaired) electrons. The van der Waals surface area contributed by atoms with E-state index in [1.165, 1.54) is 0 Å². The van der Waals surface area contributed by atoms with Gasteiger partial charge in [-0.25, -0.2) is 4.79 Å². The highest BCUT2D eigenvalue weighted by Crippen LogP contribution is 2.37. The van der Waals surface area contributed by atoms with E-state index in [1.54, 1.807) is 0 Å². The molecule has 1 atom stereocenters. The lowest BCUT2D eigenvalue weighted by Gasteiger charge is -2.26. The minimum atomic E-state index is -1.03. The van der Waals surface area contributed by atoms with Crippen LogP contribution in [0.15, 0.2) is 36.4 Å². The lowest BCUT2D eigenvalue weighted by Crippen LogP contribution is -2.30. The van der Waals surface area contributed by atoms with Crippen molar-refractivity contribution in [2.75, 3.05) is 6.61 Å². The molecule has 1 heterocycles. The van der Waals surface area contributed by atoms with Crippen LogP contribution in [0, 0.1) is 0 Å². The molecule has 3 rings (SSSR count). The largest absolute Gasteiger partial charge is 0.493 e. The number of hydrogen-bond donors (Lipinski definition) is 2. The molecule has 5 nitrogen and oxygen atoms in total. The monoisotopic (exact) mass is 361 g/mol. The Kier molecular flexibility index (Phi) is 5.04. The van der Waals surface area contributed by atoms with Crippen LogP contribution in [0.25, 0.3) is 11.1 Å². The summed E-state index contributed by atoms with van der Waals surface area (Å²) < 4.78 is 11.4. The van der Waals surface area contributed by atoms with Crippen molar-refractivity contribution in [1.82, 2.24) is 5.32 Å². The number of benzene rings is 2. The van der Waals surface area contributed by atoms with Crippen LogP contribution in [0.2, 0.25) is 5.02 Å². The van der Waals surface area contributed by atoms with Gasteiger partial charge in [0.25, 0.3) is 0 Å². The highest BCUT2D eigenvalue weighted by molar-refractivity contribution is 6.32. The van der Waals surface area contributed by atoms with E-state index >= 15 is 0 Å². The molecule has 1 unspecified atom stereocenters. The standard InChI is InChI=1S/C19H20ClNO4/c1-11(2)25-17-6-4-12(9-15(17)20)13-3-5-14-16(21-19(22)23)7-8-24-18(14)10-13/h3-6,9-11,16,21H,7-8H2,1-2H3,(H,22,23). The quantitative estimate of drug-likeness (QED) is 0.813. The van der Waals surface area contributed by atoms with Gasteiger partial charge in [0.2, 0.25) is 0 Å². The number of nitrogens with one attached hydrogen (secondary N) is 1. The lowest BCUT2D eigenvalue weighted by atomic mass is 9.96. The van der Waals surface area contributed by atoms with Crippen LogP contribution >= 0.6 is 11.6 Å². The molecule has 6 heteroatoms. The smallest absolute Gasteiger partial charge is 0.405 e. The molecular weight excluding hydrogens is 342 g/mol. The van der Waals surface area contributed by atoms with Crippen LogP contribution < -0.4 is 14.8 Å². The van der Waals surface area contributed by atoms with Crippen LogP contribution in [0.4, 0.5) is 4.79 Å². The predicted molar refractivity (Wildman–Crippen MR) is 96.7 cm³/mol. The van der Waals surface area contributed by atoms with Gasteiger partial charge >= 0.3 is 6.09 Å². The number of carbonyl (C=O) groups is 1. The Morgan fingerprint density at radius 3 is 2.68 bits per heavy atom. The van der Waals surface area contributed by atoms with Crippen LogP contribution in [0.3, 0.4) is 0 Å². The van der Waals surface area contributed by atoms with Crippen LogP contribution in [0.1, 0.15) is 31.9 Å². The molecule has 0 aliphatic carbocycles. The summed E-state index contributed by atoms with van der Waals surface area (Å²) in [7, 11) is 0. The molecule has 0 saturated carbocycles. The second-order valence-corrected chi connectivity index (χ2v) is 6.61. The fourth-order valence-electron chi connectivity index (χ4n) is 2.90. The third-order valence-electron chi connectivity index (χ3n) is 3.98. The van der Waals surface area contributed by atoms with E-state index in [1.807, 2.05) is 50.2 Å². The van der Waals surface area contributed by atoms with Gasteiger partial charge in [0.15, 0.2) is 0 Å². The lowest BCUT2D eigenvalue weighted by molar-refractivity contribution is 0.182. The maximum Gasteiger partial charge on any atom is 0.405 e. The van der Waals surface area contributed by atoms with E-state index in [2.05, 4.69) is 5.32 Å². The summed E-state index contributed by atoms with van der Waals surface area (Å²) in [5.41, 5.74) is 2.75. The van der Waals surface area contributed by atoms with Crippen LogP contribution in [-0.4, -0.2) is 23.9 Å². The molecule has 0 aromatic heterocycles. The molecule has 25 heavy (non-hydrogen) atoms. The van der Waals surface area contributed by atoms with E-state index in [4.69, 9.17) is 26.2 Å². The minimum absolute atomic E-state index is 0.0548. The van der Waals surface area contributed by atoms with Crippen molar-refractivity contribution in [1.29, 1.82) is 0 Å². The van der Waals surface area contributed by atoms with E-state index in [0.717, 1.165) is 16.7 Å². The first-order valence-corrected chi connectivity index (χ1v) is 8.54. The zero-order valence-electron chi connectivity index (χ0n) is 14.1. The molecule has 1 amide bonds. The zero-order valence-corrected chi connectivity index (χ0v) is 14.8. The van der Waals surface area contributed by atoms with Crippen molar-refractivity contribution >= 4 is 17.7 Å². The van der Waals surface area contributed by atoms with E-state index in [9.17, 15) is 4.79 Å². The fourth-order valence-corrected chi connectivity index (χ4v) is 3.12. The van der Waals surface area contributed by atoms with Crippen molar-refractivity contribution in [3.63, 3.8) is 0 Å². The highest BCUT2D eigenvalue weighted by atomic mass is 35.5. The van der Waals surface area contributed by atoms with Crippen LogP contribution in [-0.2, 0) is 0 Å². The molecule has 2 aromatic carbocycles. The maximum absolute atomic E-state index is 10.9. The maximum atomic E-state index is 10.9. The molecule has 2 N–H and O–H groups in total. The molecule has 2 aromatic rings. The number of halogens is 1. The van der Waals surface area contributed by atoms with Crippen LogP contribution in [0.5, 0.6) is 11.5 Å². The Morgan fingerprint density at radius 2 is 2.00 bits per heavy atom. The molecule has 0 bridgehead atoms. The molecule has 0 fully saturated rings. The second-order valence-electron chi connectivity index (χ2n) is 6.20. The predicted octanol–water partition coefficient (Wildman–Crippen LogP) is 4.89. The molecular formula is C19H20ClNO4. The Hall–Kier alpha value is -2.40. The third kappa shape index (κ3) is 3.99. The van der Waals surface area contributed by atoms with E-state index < -0.39 is 6.09 Å². The molecule has 0 saturated heterocycles. The van der Waals surface area contributed by atoms with E-state index in [-0.39, 0.29) is 12.1 Å². The highest BCUT2D eigenvalue weighted by Gasteiger charge is 2.23. The first-order chi connectivity index (χ1) is 11.9. The first kappa shape index (κ1) is 17.4. The summed E-state index contributed by atoms with van der Waals surface area (Å²) in [5, 5.41) is 12.0. The summed E-state index contributed by atoms with van der Waals surface area (Å²) in [5.74, 6) is 1.35. The summed E-state index contributed by atoms with van der Waals surface area (Å²) in [6.45, 7) is 4.38. The Labute approximate surface area is 151 Å². The number of amides is 1. The van der Waals surface area contributed by atoms with Crippen molar-refractivity contribution in [3.05, 3.63) is 47.0 Å². The number of rotatable bonds is 4. The zero-order chi connectivity index (χ0) is 18.0. The Morgan fingerprint density at radius 1 is 1.28 bits per heavy atom. The van der Waals surface area contributed by atoms with Gasteiger partial charge in [-0.1, -0.05) is 29.8 Å². The normalized spacial score (nSPS) is 16.1. The van der Waals surface area contributed by atoms with E-state index in [0.29, 0.717) is 29.5 Å².